The Balaban J connectivity index is 1.08. The Morgan fingerprint density at radius 1 is 0.750 bits per heavy atom. The largest absolute Gasteiger partial charge is 0.368 e. The maximum Gasteiger partial charge on any atom is 0.236 e. The van der Waals surface area contributed by atoms with Crippen molar-refractivity contribution in [2.24, 2.45) is 0 Å². The van der Waals surface area contributed by atoms with Crippen molar-refractivity contribution in [3.63, 3.8) is 0 Å². The molecular formula is C24H33N7O. The molecule has 8 heteroatoms. The third-order valence-corrected chi connectivity index (χ3v) is 6.83. The van der Waals surface area contributed by atoms with Gasteiger partial charge in [-0.05, 0) is 31.0 Å². The highest BCUT2D eigenvalue weighted by Gasteiger charge is 2.25. The predicted molar refractivity (Wildman–Crippen MR) is 127 cm³/mol. The number of aromatic nitrogens is 2. The minimum absolute atomic E-state index is 0.254. The van der Waals surface area contributed by atoms with Crippen molar-refractivity contribution in [3.8, 4) is 0 Å². The second-order valence-corrected chi connectivity index (χ2v) is 8.88. The molecule has 3 aliphatic rings. The molecule has 1 aromatic heterocycles. The molecule has 5 rings (SSSR count). The Labute approximate surface area is 190 Å². The van der Waals surface area contributed by atoms with Crippen LogP contribution in [0.3, 0.4) is 0 Å². The van der Waals surface area contributed by atoms with Crippen molar-refractivity contribution in [1.82, 2.24) is 19.8 Å². The van der Waals surface area contributed by atoms with E-state index in [2.05, 4.69) is 48.8 Å². The van der Waals surface area contributed by atoms with Crippen LogP contribution in [0.15, 0.2) is 42.6 Å². The van der Waals surface area contributed by atoms with Gasteiger partial charge in [0.15, 0.2) is 0 Å². The average molecular weight is 436 g/mol. The summed E-state index contributed by atoms with van der Waals surface area (Å²) in [6.45, 7) is 9.59. The number of benzene rings is 1. The zero-order valence-electron chi connectivity index (χ0n) is 18.8. The van der Waals surface area contributed by atoms with Crippen LogP contribution in [0.1, 0.15) is 12.8 Å². The van der Waals surface area contributed by atoms with Crippen LogP contribution in [-0.2, 0) is 4.79 Å². The number of carbonyl (C=O) groups excluding carboxylic acids is 1. The standard InChI is InChI=1S/C24H33N7O/c32-23(30-18-16-28(17-19-30)21-6-2-1-3-7-21)20-27-12-14-29(15-13-27)22-8-9-25-24(26-22)31-10-4-5-11-31/h1-3,6-9H,4-5,10-20H2. The molecule has 4 heterocycles. The van der Waals surface area contributed by atoms with E-state index in [1.165, 1.54) is 18.5 Å². The summed E-state index contributed by atoms with van der Waals surface area (Å²) in [6.07, 6.45) is 4.32. The minimum atomic E-state index is 0.254. The summed E-state index contributed by atoms with van der Waals surface area (Å²) >= 11 is 0. The normalized spacial score (nSPS) is 20.1. The molecule has 8 nitrogen and oxygen atoms in total. The molecule has 3 fully saturated rings. The molecular weight excluding hydrogens is 402 g/mol. The SMILES string of the molecule is O=C(CN1CCN(c2ccnc(N3CCCC3)n2)CC1)N1CCN(c2ccccc2)CC1. The van der Waals surface area contributed by atoms with Gasteiger partial charge in [0.25, 0.3) is 0 Å². The zero-order chi connectivity index (χ0) is 21.8. The summed E-state index contributed by atoms with van der Waals surface area (Å²) in [5, 5.41) is 0. The Morgan fingerprint density at radius 2 is 1.44 bits per heavy atom. The monoisotopic (exact) mass is 435 g/mol. The van der Waals surface area contributed by atoms with Crippen molar-refractivity contribution in [1.29, 1.82) is 0 Å². The highest BCUT2D eigenvalue weighted by atomic mass is 16.2. The van der Waals surface area contributed by atoms with Gasteiger partial charge in [-0.25, -0.2) is 4.98 Å². The smallest absolute Gasteiger partial charge is 0.236 e. The van der Waals surface area contributed by atoms with Crippen molar-refractivity contribution in [3.05, 3.63) is 42.6 Å². The van der Waals surface area contributed by atoms with Crippen LogP contribution in [0.25, 0.3) is 0 Å². The number of carbonyl (C=O) groups is 1. The van der Waals surface area contributed by atoms with Gasteiger partial charge in [0, 0.05) is 77.3 Å². The van der Waals surface area contributed by atoms with E-state index in [-0.39, 0.29) is 5.91 Å². The van der Waals surface area contributed by atoms with Crippen LogP contribution < -0.4 is 14.7 Å². The quantitative estimate of drug-likeness (QED) is 0.706. The van der Waals surface area contributed by atoms with E-state index < -0.39 is 0 Å². The van der Waals surface area contributed by atoms with Crippen molar-refractivity contribution < 1.29 is 4.79 Å². The highest BCUT2D eigenvalue weighted by Crippen LogP contribution is 2.20. The van der Waals surface area contributed by atoms with Gasteiger partial charge in [0.2, 0.25) is 11.9 Å². The number of nitrogens with zero attached hydrogens (tertiary/aromatic N) is 7. The van der Waals surface area contributed by atoms with E-state index >= 15 is 0 Å². The van der Waals surface area contributed by atoms with Gasteiger partial charge < -0.3 is 19.6 Å². The molecule has 0 unspecified atom stereocenters. The average Bonchev–Trinajstić information content (AvgIpc) is 3.40. The second kappa shape index (κ2) is 9.73. The fourth-order valence-corrected chi connectivity index (χ4v) is 4.86. The summed E-state index contributed by atoms with van der Waals surface area (Å²) in [6, 6.07) is 12.5. The zero-order valence-corrected chi connectivity index (χ0v) is 18.8. The molecule has 1 aromatic carbocycles. The van der Waals surface area contributed by atoms with E-state index in [9.17, 15) is 4.79 Å². The molecule has 0 bridgehead atoms. The van der Waals surface area contributed by atoms with Crippen molar-refractivity contribution in [2.45, 2.75) is 12.8 Å². The van der Waals surface area contributed by atoms with Gasteiger partial charge in [-0.3, -0.25) is 9.69 Å². The summed E-state index contributed by atoms with van der Waals surface area (Å²) < 4.78 is 0. The predicted octanol–water partition coefficient (Wildman–Crippen LogP) is 1.55. The van der Waals surface area contributed by atoms with Gasteiger partial charge in [0.1, 0.15) is 5.82 Å². The third-order valence-electron chi connectivity index (χ3n) is 6.83. The van der Waals surface area contributed by atoms with Gasteiger partial charge in [-0.2, -0.15) is 4.98 Å². The van der Waals surface area contributed by atoms with E-state index in [4.69, 9.17) is 4.98 Å². The van der Waals surface area contributed by atoms with E-state index in [0.29, 0.717) is 6.54 Å². The lowest BCUT2D eigenvalue weighted by molar-refractivity contribution is -0.132. The molecule has 32 heavy (non-hydrogen) atoms. The number of anilines is 3. The maximum atomic E-state index is 12.9. The highest BCUT2D eigenvalue weighted by molar-refractivity contribution is 5.78. The molecule has 3 aliphatic heterocycles. The lowest BCUT2D eigenvalue weighted by atomic mass is 10.2. The van der Waals surface area contributed by atoms with Gasteiger partial charge in [-0.15, -0.1) is 0 Å². The molecule has 1 amide bonds. The maximum absolute atomic E-state index is 12.9. The summed E-state index contributed by atoms with van der Waals surface area (Å²) in [5.41, 5.74) is 1.24. The van der Waals surface area contributed by atoms with Gasteiger partial charge in [-0.1, -0.05) is 18.2 Å². The number of amides is 1. The topological polar surface area (TPSA) is 59.1 Å². The Kier molecular flexibility index (Phi) is 6.39. The van der Waals surface area contributed by atoms with Crippen molar-refractivity contribution in [2.75, 3.05) is 86.7 Å². The van der Waals surface area contributed by atoms with Crippen LogP contribution in [0.5, 0.6) is 0 Å². The molecule has 0 radical (unpaired) electrons. The first kappa shape index (κ1) is 21.0. The first-order valence-corrected chi connectivity index (χ1v) is 11.9. The first-order valence-electron chi connectivity index (χ1n) is 11.9. The van der Waals surface area contributed by atoms with E-state index in [1.807, 2.05) is 23.2 Å². The van der Waals surface area contributed by atoms with E-state index in [1.54, 1.807) is 0 Å². The van der Waals surface area contributed by atoms with Gasteiger partial charge in [0.05, 0.1) is 6.54 Å². The van der Waals surface area contributed by atoms with Crippen LogP contribution in [0.2, 0.25) is 0 Å². The van der Waals surface area contributed by atoms with Crippen LogP contribution in [0.4, 0.5) is 17.5 Å². The molecule has 0 saturated carbocycles. The lowest BCUT2D eigenvalue weighted by Crippen LogP contribution is -2.54. The Morgan fingerprint density at radius 3 is 2.16 bits per heavy atom. The number of piperazine rings is 2. The summed E-state index contributed by atoms with van der Waals surface area (Å²) in [7, 11) is 0. The number of rotatable bonds is 5. The second-order valence-electron chi connectivity index (χ2n) is 8.88. The fraction of sp³-hybridized carbons (Fsp3) is 0.542. The minimum Gasteiger partial charge on any atom is -0.368 e. The molecule has 3 saturated heterocycles. The summed E-state index contributed by atoms with van der Waals surface area (Å²) in [4.78, 5) is 33.4. The number of hydrogen-bond acceptors (Lipinski definition) is 7. The Bertz CT molecular complexity index is 886. The molecule has 0 atom stereocenters. The van der Waals surface area contributed by atoms with Crippen molar-refractivity contribution >= 4 is 23.4 Å². The van der Waals surface area contributed by atoms with Gasteiger partial charge >= 0.3 is 0 Å². The molecule has 0 aliphatic carbocycles. The molecule has 0 spiro atoms. The molecule has 2 aromatic rings. The van der Waals surface area contributed by atoms with Crippen LogP contribution >= 0.6 is 0 Å². The fourth-order valence-electron chi connectivity index (χ4n) is 4.86. The molecule has 0 N–H and O–H groups in total. The molecule has 170 valence electrons. The Hall–Kier alpha value is -2.87. The lowest BCUT2D eigenvalue weighted by Gasteiger charge is -2.39. The van der Waals surface area contributed by atoms with Crippen LogP contribution in [0, 0.1) is 0 Å². The van der Waals surface area contributed by atoms with Crippen LogP contribution in [-0.4, -0.2) is 97.7 Å². The van der Waals surface area contributed by atoms with E-state index in [0.717, 1.165) is 77.2 Å². The first-order chi connectivity index (χ1) is 15.8. The number of para-hydroxylation sites is 1. The number of hydrogen-bond donors (Lipinski definition) is 0. The third kappa shape index (κ3) is 4.80. The summed E-state index contributed by atoms with van der Waals surface area (Å²) in [5.74, 6) is 2.11.